The van der Waals surface area contributed by atoms with E-state index in [0.29, 0.717) is 0 Å². The van der Waals surface area contributed by atoms with Crippen LogP contribution in [0.15, 0.2) is 182 Å². The van der Waals surface area contributed by atoms with Crippen LogP contribution in [0.4, 0.5) is 0 Å². The lowest BCUT2D eigenvalue weighted by atomic mass is 9.67. The van der Waals surface area contributed by atoms with Gasteiger partial charge in [-0.3, -0.25) is 0 Å². The van der Waals surface area contributed by atoms with Gasteiger partial charge < -0.3 is 0 Å². The van der Waals surface area contributed by atoms with Gasteiger partial charge in [0.2, 0.25) is 0 Å². The first-order valence-electron chi connectivity index (χ1n) is 17.8. The number of rotatable bonds is 4. The second-order valence-electron chi connectivity index (χ2n) is 13.6. The predicted molar refractivity (Wildman–Crippen MR) is 218 cm³/mol. The smallest absolute Gasteiger partial charge is 0.160 e. The van der Waals surface area contributed by atoms with Crippen molar-refractivity contribution in [2.45, 2.75) is 5.41 Å². The second kappa shape index (κ2) is 11.3. The normalized spacial score (nSPS) is 13.2. The number of fused-ring (bicyclic) bond motifs is 11. The van der Waals surface area contributed by atoms with Gasteiger partial charge in [0.25, 0.3) is 0 Å². The van der Waals surface area contributed by atoms with Crippen molar-refractivity contribution >= 4 is 53.2 Å². The number of thiophene rings is 1. The quantitative estimate of drug-likeness (QED) is 0.173. The number of benzene rings is 8. The zero-order valence-electron chi connectivity index (χ0n) is 28.1. The minimum Gasteiger partial charge on any atom is -0.226 e. The van der Waals surface area contributed by atoms with Crippen LogP contribution in [0.3, 0.4) is 0 Å². The Balaban J connectivity index is 1.23. The van der Waals surface area contributed by atoms with Crippen LogP contribution in [0, 0.1) is 0 Å². The Morgan fingerprint density at radius 1 is 0.404 bits per heavy atom. The van der Waals surface area contributed by atoms with Gasteiger partial charge in [-0.1, -0.05) is 176 Å². The van der Waals surface area contributed by atoms with E-state index in [1.165, 1.54) is 65.0 Å². The Morgan fingerprint density at radius 3 is 1.65 bits per heavy atom. The molecule has 0 saturated heterocycles. The summed E-state index contributed by atoms with van der Waals surface area (Å²) >= 11 is 1.81. The molecule has 0 unspecified atom stereocenters. The van der Waals surface area contributed by atoms with Gasteiger partial charge >= 0.3 is 0 Å². The van der Waals surface area contributed by atoms with Crippen LogP contribution in [-0.4, -0.2) is 9.97 Å². The summed E-state index contributed by atoms with van der Waals surface area (Å²) in [5.41, 5.74) is 11.1. The average Bonchev–Trinajstić information content (AvgIpc) is 3.76. The van der Waals surface area contributed by atoms with Crippen LogP contribution in [-0.2, 0) is 5.41 Å². The summed E-state index contributed by atoms with van der Waals surface area (Å²) in [6.45, 7) is 0. The highest BCUT2D eigenvalue weighted by Crippen LogP contribution is 2.56. The summed E-state index contributed by atoms with van der Waals surface area (Å²) in [5, 5.41) is 6.19. The number of hydrogen-bond acceptors (Lipinski definition) is 3. The summed E-state index contributed by atoms with van der Waals surface area (Å²) in [7, 11) is 0. The molecule has 2 nitrogen and oxygen atoms in total. The van der Waals surface area contributed by atoms with Gasteiger partial charge in [0.05, 0.1) is 21.3 Å². The monoisotopic (exact) mass is 678 g/mol. The van der Waals surface area contributed by atoms with Crippen LogP contribution in [0.1, 0.15) is 22.3 Å². The fraction of sp³-hybridized carbons (Fsp3) is 0.0204. The first-order valence-corrected chi connectivity index (χ1v) is 18.6. The Morgan fingerprint density at radius 2 is 0.942 bits per heavy atom. The minimum atomic E-state index is -0.499. The minimum absolute atomic E-state index is 0.499. The van der Waals surface area contributed by atoms with Crippen molar-refractivity contribution in [2.75, 3.05) is 0 Å². The van der Waals surface area contributed by atoms with Crippen molar-refractivity contribution in [1.82, 2.24) is 9.97 Å². The Hall–Kier alpha value is -6.42. The van der Waals surface area contributed by atoms with E-state index in [0.717, 1.165) is 32.9 Å². The molecular weight excluding hydrogens is 649 g/mol. The molecule has 0 spiro atoms. The van der Waals surface area contributed by atoms with Crippen LogP contribution >= 0.6 is 11.3 Å². The van der Waals surface area contributed by atoms with Crippen LogP contribution in [0.25, 0.3) is 75.6 Å². The van der Waals surface area contributed by atoms with Crippen molar-refractivity contribution in [1.29, 1.82) is 0 Å². The fourth-order valence-electron chi connectivity index (χ4n) is 8.79. The molecule has 52 heavy (non-hydrogen) atoms. The van der Waals surface area contributed by atoms with Crippen molar-refractivity contribution in [2.24, 2.45) is 0 Å². The van der Waals surface area contributed by atoms with Gasteiger partial charge in [0.15, 0.2) is 5.82 Å². The van der Waals surface area contributed by atoms with E-state index in [9.17, 15) is 0 Å². The lowest BCUT2D eigenvalue weighted by molar-refractivity contribution is 0.768. The predicted octanol–water partition coefficient (Wildman–Crippen LogP) is 12.8. The fourth-order valence-corrected chi connectivity index (χ4v) is 10.1. The molecule has 1 aliphatic rings. The highest BCUT2D eigenvalue weighted by Gasteiger charge is 2.46. The van der Waals surface area contributed by atoms with Gasteiger partial charge in [0, 0.05) is 26.6 Å². The van der Waals surface area contributed by atoms with E-state index in [2.05, 4.69) is 182 Å². The molecular formula is C49H30N2S. The van der Waals surface area contributed by atoms with Gasteiger partial charge in [-0.15, -0.1) is 11.3 Å². The summed E-state index contributed by atoms with van der Waals surface area (Å²) in [4.78, 5) is 11.0. The van der Waals surface area contributed by atoms with Gasteiger partial charge in [0.1, 0.15) is 0 Å². The number of hydrogen-bond donors (Lipinski definition) is 0. The molecule has 0 aliphatic heterocycles. The highest BCUT2D eigenvalue weighted by atomic mass is 32.1. The summed E-state index contributed by atoms with van der Waals surface area (Å²) in [6, 6.07) is 65.9. The molecule has 2 aromatic heterocycles. The first kappa shape index (κ1) is 29.3. The zero-order valence-corrected chi connectivity index (χ0v) is 28.9. The molecule has 0 saturated carbocycles. The maximum Gasteiger partial charge on any atom is 0.160 e. The molecule has 0 amide bonds. The van der Waals surface area contributed by atoms with Crippen molar-refractivity contribution in [3.05, 3.63) is 204 Å². The Labute approximate surface area is 305 Å². The van der Waals surface area contributed by atoms with E-state index in [1.54, 1.807) is 0 Å². The topological polar surface area (TPSA) is 25.8 Å². The third kappa shape index (κ3) is 4.06. The molecule has 0 bridgehead atoms. The van der Waals surface area contributed by atoms with E-state index >= 15 is 0 Å². The Bertz CT molecular complexity index is 2970. The SMILES string of the molecule is c1ccc(-c2nc(-c3cccc(C4(c5ccccc5)c5ccccc5-c5ccccc54)c3)nc3c2sc2c4ccccc4c4ccccc4c32)cc1. The third-order valence-corrected chi connectivity index (χ3v) is 12.2. The lowest BCUT2D eigenvalue weighted by Crippen LogP contribution is -2.28. The number of aromatic nitrogens is 2. The van der Waals surface area contributed by atoms with E-state index in [4.69, 9.17) is 9.97 Å². The zero-order chi connectivity index (χ0) is 34.2. The maximum atomic E-state index is 5.53. The van der Waals surface area contributed by atoms with Crippen LogP contribution in [0.5, 0.6) is 0 Å². The highest BCUT2D eigenvalue weighted by molar-refractivity contribution is 7.27. The largest absolute Gasteiger partial charge is 0.226 e. The lowest BCUT2D eigenvalue weighted by Gasteiger charge is -2.34. The molecule has 0 radical (unpaired) electrons. The molecule has 10 aromatic rings. The van der Waals surface area contributed by atoms with Crippen molar-refractivity contribution in [3.8, 4) is 33.8 Å². The average molecular weight is 679 g/mol. The number of nitrogens with zero attached hydrogens (tertiary/aromatic N) is 2. The standard InChI is InChI=1S/C49H30N2S/c1-3-16-31(17-4-1)44-47-45(43-39-26-9-7-22-35(39)36-23-8-10-27-40(36)46(43)52-47)51-48(50-44)32-18-15-21-34(30-32)49(33-19-5-2-6-20-33)41-28-13-11-24-37(41)38-25-12-14-29-42(38)49/h1-30H. The van der Waals surface area contributed by atoms with Crippen LogP contribution < -0.4 is 0 Å². The second-order valence-corrected chi connectivity index (χ2v) is 14.6. The molecule has 2 heterocycles. The molecule has 0 atom stereocenters. The van der Waals surface area contributed by atoms with E-state index < -0.39 is 5.41 Å². The molecule has 242 valence electrons. The Kier molecular flexibility index (Phi) is 6.37. The van der Waals surface area contributed by atoms with Crippen molar-refractivity contribution in [3.63, 3.8) is 0 Å². The summed E-state index contributed by atoms with van der Waals surface area (Å²) in [5.74, 6) is 0.730. The first-order chi connectivity index (χ1) is 25.8. The van der Waals surface area contributed by atoms with Gasteiger partial charge in [-0.25, -0.2) is 9.97 Å². The molecule has 1 aliphatic carbocycles. The van der Waals surface area contributed by atoms with E-state index in [-0.39, 0.29) is 0 Å². The summed E-state index contributed by atoms with van der Waals surface area (Å²) < 4.78 is 2.37. The van der Waals surface area contributed by atoms with E-state index in [1.807, 2.05) is 11.3 Å². The summed E-state index contributed by atoms with van der Waals surface area (Å²) in [6.07, 6.45) is 0. The molecule has 11 rings (SSSR count). The van der Waals surface area contributed by atoms with Gasteiger partial charge in [-0.05, 0) is 55.6 Å². The van der Waals surface area contributed by atoms with Crippen molar-refractivity contribution < 1.29 is 0 Å². The van der Waals surface area contributed by atoms with Crippen LogP contribution in [0.2, 0.25) is 0 Å². The molecule has 3 heteroatoms. The maximum absolute atomic E-state index is 5.53. The molecule has 0 fully saturated rings. The van der Waals surface area contributed by atoms with Gasteiger partial charge in [-0.2, -0.15) is 0 Å². The molecule has 0 N–H and O–H groups in total. The third-order valence-electron chi connectivity index (χ3n) is 11.0. The molecule has 8 aromatic carbocycles.